The van der Waals surface area contributed by atoms with Crippen LogP contribution in [0.25, 0.3) is 0 Å². The van der Waals surface area contributed by atoms with Gasteiger partial charge in [-0.25, -0.2) is 4.98 Å². The van der Waals surface area contributed by atoms with Gasteiger partial charge in [0.1, 0.15) is 17.6 Å². The average Bonchev–Trinajstić information content (AvgIpc) is 3.20. The lowest BCUT2D eigenvalue weighted by Gasteiger charge is -2.33. The molecule has 1 atom stereocenters. The van der Waals surface area contributed by atoms with Crippen LogP contribution in [-0.2, 0) is 19.7 Å². The first-order chi connectivity index (χ1) is 17.0. The van der Waals surface area contributed by atoms with Crippen molar-refractivity contribution in [2.24, 2.45) is 11.8 Å². The molecule has 5 N–H and O–H groups in total. The smallest absolute Gasteiger partial charge is 0.268 e. The number of allylic oxidation sites excluding steroid dienone is 1. The molecule has 1 unspecified atom stereocenters. The van der Waals surface area contributed by atoms with Crippen LogP contribution < -0.4 is 21.3 Å². The zero-order valence-corrected chi connectivity index (χ0v) is 20.8. The van der Waals surface area contributed by atoms with Crippen molar-refractivity contribution in [3.8, 4) is 0 Å². The Morgan fingerprint density at radius 2 is 2.03 bits per heavy atom. The monoisotopic (exact) mass is 482 g/mol. The standard InChI is InChI=1S/C26H38N6O3/c1-3-28-20(8-11-27)24(33)32-23(18-6-4-17(2)5-7-18)25(34)31-22-14-21-19(15-29-22)26(16-30-21)9-12-35-13-10-26/h8,11,14-15,17-18,23,27-28,30H,3-7,9-10,12-13,16H2,1-2H3,(H,32,33)(H,29,31,34)/b20-8-,27-11?. The number of fused-ring (bicyclic) bond motifs is 2. The molecule has 0 aromatic carbocycles. The highest BCUT2D eigenvalue weighted by Gasteiger charge is 2.41. The number of aromatic nitrogens is 1. The zero-order valence-electron chi connectivity index (χ0n) is 20.8. The number of pyridine rings is 1. The average molecular weight is 483 g/mol. The van der Waals surface area contributed by atoms with Crippen LogP contribution in [0.1, 0.15) is 57.9 Å². The molecule has 2 fully saturated rings. The predicted octanol–water partition coefficient (Wildman–Crippen LogP) is 2.95. The molecule has 9 heteroatoms. The second-order valence-electron chi connectivity index (χ2n) is 10.1. The SMILES string of the molecule is CCN/C(=C\C=N)C(=O)NC(C(=O)Nc1cc2c(cn1)C1(CCOCC1)CN2)C1CCC(C)CC1. The molecule has 4 rings (SSSR count). The van der Waals surface area contributed by atoms with Gasteiger partial charge in [0.25, 0.3) is 5.91 Å². The summed E-state index contributed by atoms with van der Waals surface area (Å²) in [6.45, 7) is 7.02. The number of carbonyl (C=O) groups excluding carboxylic acids is 2. The van der Waals surface area contributed by atoms with Crippen LogP contribution in [0.5, 0.6) is 0 Å². The Kier molecular flexibility index (Phi) is 8.05. The van der Waals surface area contributed by atoms with Crippen molar-refractivity contribution in [1.29, 1.82) is 5.41 Å². The van der Waals surface area contributed by atoms with E-state index in [0.717, 1.165) is 70.2 Å². The summed E-state index contributed by atoms with van der Waals surface area (Å²) >= 11 is 0. The van der Waals surface area contributed by atoms with E-state index >= 15 is 0 Å². The molecule has 2 aliphatic heterocycles. The number of rotatable bonds is 8. The van der Waals surface area contributed by atoms with Gasteiger partial charge >= 0.3 is 0 Å². The molecule has 1 aromatic heterocycles. The van der Waals surface area contributed by atoms with E-state index in [2.05, 4.69) is 33.2 Å². The Morgan fingerprint density at radius 3 is 2.71 bits per heavy atom. The molecule has 0 radical (unpaired) electrons. The Balaban J connectivity index is 1.50. The lowest BCUT2D eigenvalue weighted by molar-refractivity contribution is -0.126. The fraction of sp³-hybridized carbons (Fsp3) is 0.615. The highest BCUT2D eigenvalue weighted by atomic mass is 16.5. The highest BCUT2D eigenvalue weighted by molar-refractivity contribution is 6.02. The molecular formula is C26H38N6O3. The van der Waals surface area contributed by atoms with Gasteiger partial charge < -0.3 is 31.4 Å². The van der Waals surface area contributed by atoms with Crippen LogP contribution >= 0.6 is 0 Å². The molecule has 3 heterocycles. The second-order valence-corrected chi connectivity index (χ2v) is 10.1. The first-order valence-electron chi connectivity index (χ1n) is 12.8. The number of ether oxygens (including phenoxy) is 1. The number of hydrogen-bond donors (Lipinski definition) is 5. The maximum Gasteiger partial charge on any atom is 0.268 e. The largest absolute Gasteiger partial charge is 0.384 e. The van der Waals surface area contributed by atoms with Crippen molar-refractivity contribution >= 4 is 29.5 Å². The third-order valence-corrected chi connectivity index (χ3v) is 7.76. The van der Waals surface area contributed by atoms with E-state index in [4.69, 9.17) is 10.1 Å². The molecule has 2 amide bonds. The Bertz CT molecular complexity index is 964. The molecule has 1 spiro atoms. The van der Waals surface area contributed by atoms with Crippen molar-refractivity contribution < 1.29 is 14.3 Å². The fourth-order valence-corrected chi connectivity index (χ4v) is 5.59. The minimum absolute atomic E-state index is 0.0519. The Labute approximate surface area is 207 Å². The van der Waals surface area contributed by atoms with Crippen LogP contribution in [0, 0.1) is 17.2 Å². The minimum Gasteiger partial charge on any atom is -0.384 e. The number of likely N-dealkylation sites (N-methyl/N-ethyl adjacent to an activating group) is 1. The van der Waals surface area contributed by atoms with E-state index in [1.54, 1.807) is 0 Å². The molecule has 0 bridgehead atoms. The summed E-state index contributed by atoms with van der Waals surface area (Å²) in [6.07, 6.45) is 10.1. The van der Waals surface area contributed by atoms with E-state index < -0.39 is 6.04 Å². The number of anilines is 2. The molecule has 35 heavy (non-hydrogen) atoms. The van der Waals surface area contributed by atoms with E-state index in [9.17, 15) is 9.59 Å². The van der Waals surface area contributed by atoms with Gasteiger partial charge in [0.05, 0.1) is 0 Å². The van der Waals surface area contributed by atoms with Crippen molar-refractivity contribution in [3.63, 3.8) is 0 Å². The van der Waals surface area contributed by atoms with E-state index in [1.165, 1.54) is 11.6 Å². The van der Waals surface area contributed by atoms with Crippen LogP contribution in [-0.4, -0.2) is 55.4 Å². The molecule has 1 saturated carbocycles. The topological polar surface area (TPSA) is 128 Å². The first-order valence-corrected chi connectivity index (χ1v) is 12.8. The summed E-state index contributed by atoms with van der Waals surface area (Å²) in [5, 5.41) is 19.7. The summed E-state index contributed by atoms with van der Waals surface area (Å²) in [6, 6.07) is 1.23. The van der Waals surface area contributed by atoms with E-state index in [0.29, 0.717) is 18.3 Å². The van der Waals surface area contributed by atoms with Crippen molar-refractivity contribution in [1.82, 2.24) is 15.6 Å². The number of nitrogens with one attached hydrogen (secondary N) is 5. The van der Waals surface area contributed by atoms with Gasteiger partial charge in [0, 0.05) is 61.4 Å². The molecule has 1 aliphatic carbocycles. The third-order valence-electron chi connectivity index (χ3n) is 7.76. The van der Waals surface area contributed by atoms with E-state index in [1.807, 2.05) is 19.2 Å². The lowest BCUT2D eigenvalue weighted by atomic mass is 9.76. The molecule has 1 saturated heterocycles. The maximum atomic E-state index is 13.5. The quantitative estimate of drug-likeness (QED) is 0.286. The van der Waals surface area contributed by atoms with Crippen LogP contribution in [0.15, 0.2) is 24.0 Å². The van der Waals surface area contributed by atoms with Gasteiger partial charge in [-0.3, -0.25) is 9.59 Å². The molecule has 3 aliphatic rings. The van der Waals surface area contributed by atoms with Gasteiger partial charge in [-0.15, -0.1) is 0 Å². The van der Waals surface area contributed by atoms with Gasteiger partial charge in [0.15, 0.2) is 0 Å². The Hall–Kier alpha value is -2.94. The van der Waals surface area contributed by atoms with Gasteiger partial charge in [-0.05, 0) is 50.5 Å². The van der Waals surface area contributed by atoms with Crippen molar-refractivity contribution in [3.05, 3.63) is 29.6 Å². The van der Waals surface area contributed by atoms with E-state index in [-0.39, 0.29) is 28.8 Å². The number of hydrogen-bond acceptors (Lipinski definition) is 7. The van der Waals surface area contributed by atoms with Gasteiger partial charge in [-0.2, -0.15) is 0 Å². The second kappa shape index (κ2) is 11.2. The molecule has 9 nitrogen and oxygen atoms in total. The molecule has 1 aromatic rings. The zero-order chi connectivity index (χ0) is 24.8. The number of nitrogens with zero attached hydrogens (tertiary/aromatic N) is 1. The summed E-state index contributed by atoms with van der Waals surface area (Å²) < 4.78 is 5.56. The Morgan fingerprint density at radius 1 is 1.29 bits per heavy atom. The molecular weight excluding hydrogens is 444 g/mol. The van der Waals surface area contributed by atoms with Crippen LogP contribution in [0.4, 0.5) is 11.5 Å². The predicted molar refractivity (Wildman–Crippen MR) is 137 cm³/mol. The fourth-order valence-electron chi connectivity index (χ4n) is 5.59. The normalized spacial score (nSPS) is 24.1. The van der Waals surface area contributed by atoms with Crippen LogP contribution in [0.3, 0.4) is 0 Å². The van der Waals surface area contributed by atoms with Crippen LogP contribution in [0.2, 0.25) is 0 Å². The summed E-state index contributed by atoms with van der Waals surface area (Å²) in [5.41, 5.74) is 2.54. The first kappa shape index (κ1) is 25.2. The third kappa shape index (κ3) is 5.66. The number of amides is 2. The summed E-state index contributed by atoms with van der Waals surface area (Å²) in [4.78, 5) is 31.0. The minimum atomic E-state index is -0.673. The van der Waals surface area contributed by atoms with Gasteiger partial charge in [-0.1, -0.05) is 19.8 Å². The van der Waals surface area contributed by atoms with Gasteiger partial charge in [0.2, 0.25) is 5.91 Å². The summed E-state index contributed by atoms with van der Waals surface area (Å²) in [7, 11) is 0. The number of carbonyl (C=O) groups is 2. The highest BCUT2D eigenvalue weighted by Crippen LogP contribution is 2.43. The summed E-state index contributed by atoms with van der Waals surface area (Å²) in [5.74, 6) is 0.531. The lowest BCUT2D eigenvalue weighted by Crippen LogP contribution is -2.50. The molecule has 190 valence electrons. The maximum absolute atomic E-state index is 13.5. The van der Waals surface area contributed by atoms with Crippen molar-refractivity contribution in [2.45, 2.75) is 63.8 Å². The van der Waals surface area contributed by atoms with Crippen molar-refractivity contribution in [2.75, 3.05) is 36.9 Å².